The molecular formula is C8H7ClFNO2S. The number of carboxylic acid groups (broad SMARTS) is 1. The standard InChI is InChI=1S/C8H7ClFNO2S/c9-5-3-4(11)1-2-6(5)14-7(10)8(12)13/h1-3,7H,11H2,(H,12,13). The van der Waals surface area contributed by atoms with Gasteiger partial charge < -0.3 is 10.8 Å². The molecule has 1 unspecified atom stereocenters. The number of thioether (sulfide) groups is 1. The molecule has 14 heavy (non-hydrogen) atoms. The quantitative estimate of drug-likeness (QED) is 0.624. The Labute approximate surface area is 89.0 Å². The van der Waals surface area contributed by atoms with Crippen LogP contribution in [0.3, 0.4) is 0 Å². The summed E-state index contributed by atoms with van der Waals surface area (Å²) < 4.78 is 12.8. The molecule has 0 heterocycles. The molecule has 3 N–H and O–H groups in total. The first-order valence-electron chi connectivity index (χ1n) is 3.59. The van der Waals surface area contributed by atoms with Gasteiger partial charge in [-0.1, -0.05) is 23.4 Å². The number of hydrogen-bond acceptors (Lipinski definition) is 3. The van der Waals surface area contributed by atoms with Gasteiger partial charge >= 0.3 is 5.97 Å². The minimum Gasteiger partial charge on any atom is -0.478 e. The van der Waals surface area contributed by atoms with Gasteiger partial charge in [-0.05, 0) is 18.2 Å². The van der Waals surface area contributed by atoms with Crippen molar-refractivity contribution >= 4 is 35.0 Å². The maximum atomic E-state index is 12.8. The number of nitrogens with two attached hydrogens (primary N) is 1. The topological polar surface area (TPSA) is 63.3 Å². The first-order chi connectivity index (χ1) is 6.50. The molecule has 76 valence electrons. The van der Waals surface area contributed by atoms with Crippen LogP contribution in [-0.4, -0.2) is 16.6 Å². The molecular weight excluding hydrogens is 229 g/mol. The highest BCUT2D eigenvalue weighted by Crippen LogP contribution is 2.32. The summed E-state index contributed by atoms with van der Waals surface area (Å²) in [6.45, 7) is 0. The van der Waals surface area contributed by atoms with Crippen molar-refractivity contribution in [2.75, 3.05) is 5.73 Å². The first-order valence-corrected chi connectivity index (χ1v) is 4.85. The van der Waals surface area contributed by atoms with Crippen molar-refractivity contribution in [3.8, 4) is 0 Å². The lowest BCUT2D eigenvalue weighted by atomic mass is 10.3. The van der Waals surface area contributed by atoms with Crippen LogP contribution in [0, 0.1) is 0 Å². The number of alkyl halides is 1. The summed E-state index contributed by atoms with van der Waals surface area (Å²) in [7, 11) is 0. The molecule has 0 saturated heterocycles. The van der Waals surface area contributed by atoms with E-state index in [2.05, 4.69) is 0 Å². The summed E-state index contributed by atoms with van der Waals surface area (Å²) in [5.74, 6) is -1.53. The van der Waals surface area contributed by atoms with Crippen molar-refractivity contribution in [3.05, 3.63) is 23.2 Å². The molecule has 0 saturated carbocycles. The summed E-state index contributed by atoms with van der Waals surface area (Å²) in [5.41, 5.74) is 3.85. The monoisotopic (exact) mass is 235 g/mol. The number of carboxylic acids is 1. The lowest BCUT2D eigenvalue weighted by molar-refractivity contribution is -0.139. The molecule has 1 aromatic rings. The van der Waals surface area contributed by atoms with Crippen molar-refractivity contribution in [2.45, 2.75) is 10.4 Å². The van der Waals surface area contributed by atoms with E-state index in [4.69, 9.17) is 22.4 Å². The second-order valence-corrected chi connectivity index (χ2v) is 3.96. The zero-order valence-corrected chi connectivity index (χ0v) is 8.48. The maximum absolute atomic E-state index is 12.8. The SMILES string of the molecule is Nc1ccc(SC(F)C(=O)O)c(Cl)c1. The van der Waals surface area contributed by atoms with Gasteiger partial charge in [-0.2, -0.15) is 0 Å². The lowest BCUT2D eigenvalue weighted by Gasteiger charge is -2.05. The van der Waals surface area contributed by atoms with Gasteiger partial charge in [0.15, 0.2) is 0 Å². The molecule has 0 bridgehead atoms. The van der Waals surface area contributed by atoms with Crippen LogP contribution < -0.4 is 5.73 Å². The van der Waals surface area contributed by atoms with E-state index in [0.29, 0.717) is 22.3 Å². The third-order valence-electron chi connectivity index (χ3n) is 1.38. The smallest absolute Gasteiger partial charge is 0.349 e. The molecule has 1 atom stereocenters. The zero-order chi connectivity index (χ0) is 10.7. The largest absolute Gasteiger partial charge is 0.478 e. The molecule has 1 rings (SSSR count). The van der Waals surface area contributed by atoms with Gasteiger partial charge in [0.05, 0.1) is 5.02 Å². The van der Waals surface area contributed by atoms with Crippen molar-refractivity contribution < 1.29 is 14.3 Å². The van der Waals surface area contributed by atoms with E-state index >= 15 is 0 Å². The van der Waals surface area contributed by atoms with Gasteiger partial charge in [0.25, 0.3) is 0 Å². The van der Waals surface area contributed by atoms with Crippen LogP contribution in [0.1, 0.15) is 0 Å². The number of halogens is 2. The van der Waals surface area contributed by atoms with Crippen molar-refractivity contribution in [2.24, 2.45) is 0 Å². The highest BCUT2D eigenvalue weighted by molar-refractivity contribution is 8.00. The number of anilines is 1. The molecule has 0 aromatic heterocycles. The number of benzene rings is 1. The molecule has 0 spiro atoms. The van der Waals surface area contributed by atoms with Crippen LogP contribution in [0.15, 0.2) is 23.1 Å². The Balaban J connectivity index is 2.82. The Kier molecular flexibility index (Phi) is 3.60. The molecule has 6 heteroatoms. The number of rotatable bonds is 3. The average Bonchev–Trinajstić information content (AvgIpc) is 2.09. The van der Waals surface area contributed by atoms with E-state index in [-0.39, 0.29) is 5.02 Å². The summed E-state index contributed by atoms with van der Waals surface area (Å²) in [5, 5.41) is 8.57. The van der Waals surface area contributed by atoms with Crippen molar-refractivity contribution in [1.82, 2.24) is 0 Å². The fraction of sp³-hybridized carbons (Fsp3) is 0.125. The van der Waals surface area contributed by atoms with Crippen LogP contribution in [0.5, 0.6) is 0 Å². The molecule has 0 aliphatic carbocycles. The van der Waals surface area contributed by atoms with Crippen LogP contribution in [0.4, 0.5) is 10.1 Å². The Bertz CT molecular complexity index is 361. The number of hydrogen-bond donors (Lipinski definition) is 2. The van der Waals surface area contributed by atoms with Crippen LogP contribution in [0.2, 0.25) is 5.02 Å². The van der Waals surface area contributed by atoms with E-state index in [1.165, 1.54) is 18.2 Å². The van der Waals surface area contributed by atoms with Gasteiger partial charge in [0.2, 0.25) is 5.50 Å². The lowest BCUT2D eigenvalue weighted by Crippen LogP contribution is -2.09. The summed E-state index contributed by atoms with van der Waals surface area (Å²) >= 11 is 6.25. The number of carbonyl (C=O) groups is 1. The summed E-state index contributed by atoms with van der Waals surface area (Å²) in [6.07, 6.45) is 0. The second kappa shape index (κ2) is 4.52. The van der Waals surface area contributed by atoms with E-state index in [1.807, 2.05) is 0 Å². The van der Waals surface area contributed by atoms with Gasteiger partial charge in [-0.15, -0.1) is 0 Å². The minimum absolute atomic E-state index is 0.249. The van der Waals surface area contributed by atoms with Gasteiger partial charge in [0.1, 0.15) is 0 Å². The van der Waals surface area contributed by atoms with Crippen LogP contribution >= 0.6 is 23.4 Å². The Morgan fingerprint density at radius 3 is 2.79 bits per heavy atom. The molecule has 1 aromatic carbocycles. The molecule has 3 nitrogen and oxygen atoms in total. The average molecular weight is 236 g/mol. The summed E-state index contributed by atoms with van der Waals surface area (Å²) in [6, 6.07) is 4.46. The van der Waals surface area contributed by atoms with Crippen LogP contribution in [-0.2, 0) is 4.79 Å². The molecule has 0 radical (unpaired) electrons. The normalized spacial score (nSPS) is 12.4. The molecule has 0 aliphatic rings. The fourth-order valence-corrected chi connectivity index (χ4v) is 1.74. The van der Waals surface area contributed by atoms with E-state index in [9.17, 15) is 9.18 Å². The van der Waals surface area contributed by atoms with Gasteiger partial charge in [0, 0.05) is 10.6 Å². The third-order valence-corrected chi connectivity index (χ3v) is 2.82. The predicted octanol–water partition coefficient (Wildman–Crippen LogP) is 2.39. The van der Waals surface area contributed by atoms with E-state index in [1.54, 1.807) is 0 Å². The predicted molar refractivity (Wildman–Crippen MR) is 54.3 cm³/mol. The highest BCUT2D eigenvalue weighted by Gasteiger charge is 2.18. The Morgan fingerprint density at radius 2 is 2.29 bits per heavy atom. The molecule has 0 fully saturated rings. The summed E-state index contributed by atoms with van der Waals surface area (Å²) in [4.78, 5) is 10.6. The number of aliphatic carboxylic acids is 1. The van der Waals surface area contributed by atoms with Gasteiger partial charge in [-0.25, -0.2) is 9.18 Å². The van der Waals surface area contributed by atoms with Gasteiger partial charge in [-0.3, -0.25) is 0 Å². The Hall–Kier alpha value is -0.940. The molecule has 0 aliphatic heterocycles. The minimum atomic E-state index is -2.02. The Morgan fingerprint density at radius 1 is 1.64 bits per heavy atom. The second-order valence-electron chi connectivity index (χ2n) is 2.46. The number of nitrogen functional groups attached to an aromatic ring is 1. The third kappa shape index (κ3) is 2.78. The zero-order valence-electron chi connectivity index (χ0n) is 6.91. The van der Waals surface area contributed by atoms with Crippen molar-refractivity contribution in [1.29, 1.82) is 0 Å². The molecule has 0 amide bonds. The highest BCUT2D eigenvalue weighted by atomic mass is 35.5. The first kappa shape index (κ1) is 11.1. The van der Waals surface area contributed by atoms with Crippen LogP contribution in [0.25, 0.3) is 0 Å². The fourth-order valence-electron chi connectivity index (χ4n) is 0.775. The van der Waals surface area contributed by atoms with Crippen molar-refractivity contribution in [3.63, 3.8) is 0 Å². The maximum Gasteiger partial charge on any atom is 0.349 e. The van der Waals surface area contributed by atoms with E-state index < -0.39 is 11.5 Å². The van der Waals surface area contributed by atoms with E-state index in [0.717, 1.165) is 0 Å².